The number of nitrogens with one attached hydrogen (secondary N) is 2. The summed E-state index contributed by atoms with van der Waals surface area (Å²) in [4.78, 5) is 114. The maximum atomic E-state index is 12.5. The fraction of sp³-hybridized carbons (Fsp3) is 0.757. The minimum Gasteiger partial charge on any atom is -1.00 e. The molecule has 5 aliphatic heterocycles. The fourth-order valence-corrected chi connectivity index (χ4v) is 14.9. The molecule has 0 bridgehead atoms. The van der Waals surface area contributed by atoms with Crippen LogP contribution >= 0.6 is 15.9 Å². The molecule has 0 saturated carbocycles. The number of aliphatic hydroxyl groups is 4. The summed E-state index contributed by atoms with van der Waals surface area (Å²) in [5.74, 6) is -0.109. The van der Waals surface area contributed by atoms with Crippen LogP contribution in [0.5, 0.6) is 0 Å². The maximum absolute atomic E-state index is 12.5. The van der Waals surface area contributed by atoms with Gasteiger partial charge in [0.05, 0.1) is 56.0 Å². The average Bonchev–Trinajstić information content (AvgIpc) is 0.819. The zero-order valence-electron chi connectivity index (χ0n) is 93.5. The van der Waals surface area contributed by atoms with Gasteiger partial charge in [-0.25, -0.2) is 46.1 Å². The van der Waals surface area contributed by atoms with E-state index in [9.17, 15) is 55.8 Å². The van der Waals surface area contributed by atoms with Crippen LogP contribution in [-0.4, -0.2) is 308 Å². The molecule has 5 amide bonds. The van der Waals surface area contributed by atoms with E-state index in [0.29, 0.717) is 75.7 Å². The van der Waals surface area contributed by atoms with Gasteiger partial charge in [-0.1, -0.05) is 65.8 Å². The monoisotopic (exact) mass is 2260 g/mol. The molecule has 2 aromatic rings. The number of halogens is 2. The van der Waals surface area contributed by atoms with Crippen LogP contribution in [0.3, 0.4) is 0 Å². The van der Waals surface area contributed by atoms with Gasteiger partial charge in [0.1, 0.15) is 57.0 Å². The fourth-order valence-electron chi connectivity index (χ4n) is 12.9. The summed E-state index contributed by atoms with van der Waals surface area (Å²) in [6.07, 6.45) is 10.3. The number of aldehydes is 1. The Labute approximate surface area is 920 Å². The van der Waals surface area contributed by atoms with Crippen molar-refractivity contribution in [2.24, 2.45) is 44.9 Å². The van der Waals surface area contributed by atoms with Crippen LogP contribution in [0.15, 0.2) is 63.1 Å². The third kappa shape index (κ3) is 72.9. The Hall–Kier alpha value is -5.11. The number of aliphatic hydroxyl groups excluding tert-OH is 4. The molecule has 2 aromatic carbocycles. The first kappa shape index (κ1) is 156. The van der Waals surface area contributed by atoms with Gasteiger partial charge in [-0.05, 0) is 340 Å². The number of Topliss-reactive ketones (excluding diaryl/α,β-unsaturated/α-hetero) is 1. The molecule has 5 fully saturated rings. The summed E-state index contributed by atoms with van der Waals surface area (Å²) in [7, 11) is -0.764. The number of hydrogen-bond acceptors (Lipinski definition) is 25. The number of allylic oxidation sites excluding steroid dienone is 1. The summed E-state index contributed by atoms with van der Waals surface area (Å²) in [5, 5.41) is 38.8. The van der Waals surface area contributed by atoms with Crippen LogP contribution in [0.1, 0.15) is 323 Å². The van der Waals surface area contributed by atoms with E-state index < -0.39 is 72.8 Å². The number of amides is 5. The number of methoxy groups -OCH3 is 2. The van der Waals surface area contributed by atoms with Gasteiger partial charge >= 0.3 is 65.5 Å². The van der Waals surface area contributed by atoms with Crippen LogP contribution in [0.25, 0.3) is 5.57 Å². The van der Waals surface area contributed by atoms with E-state index in [4.69, 9.17) is 59.7 Å². The zero-order valence-corrected chi connectivity index (χ0v) is 102. The Morgan fingerprint density at radius 3 is 1.03 bits per heavy atom. The summed E-state index contributed by atoms with van der Waals surface area (Å²) in [6, 6.07) is 15.5. The van der Waals surface area contributed by atoms with Gasteiger partial charge in [0.2, 0.25) is 0 Å². The van der Waals surface area contributed by atoms with Gasteiger partial charge in [0.15, 0.2) is 0 Å². The van der Waals surface area contributed by atoms with Gasteiger partial charge in [-0.3, -0.25) is 14.7 Å². The van der Waals surface area contributed by atoms with Crippen molar-refractivity contribution >= 4 is 138 Å². The maximum Gasteiger partial charge on any atom is 2.00 e. The molecule has 7 atom stereocenters. The Morgan fingerprint density at radius 2 is 0.776 bits per heavy atom. The van der Waals surface area contributed by atoms with Crippen LogP contribution in [0.2, 0.25) is 0 Å². The number of aryl methyl sites for hydroxylation is 1. The third-order valence-corrected chi connectivity index (χ3v) is 25.3. The van der Waals surface area contributed by atoms with E-state index in [-0.39, 0.29) is 189 Å². The van der Waals surface area contributed by atoms with Crippen LogP contribution < -0.4 is 37.9 Å². The first-order chi connectivity index (χ1) is 63.3. The first-order valence-corrected chi connectivity index (χ1v) is 52.4. The summed E-state index contributed by atoms with van der Waals surface area (Å²) in [6.45, 7) is 71.2. The average molecular weight is 2270 g/mol. The van der Waals surface area contributed by atoms with E-state index >= 15 is 0 Å². The number of carbonyl (C=O) groups is 9. The second-order valence-corrected chi connectivity index (χ2v) is 48.5. The molecular weight excluding hydrogens is 2070 g/mol. The molecule has 10 N–H and O–H groups in total. The van der Waals surface area contributed by atoms with Gasteiger partial charge in [-0.15, -0.1) is 0 Å². The molecule has 830 valence electrons. The first-order valence-electron chi connectivity index (χ1n) is 48.1. The van der Waals surface area contributed by atoms with Crippen LogP contribution in [0, 0.1) is 43.9 Å². The van der Waals surface area contributed by atoms with E-state index in [1.807, 2.05) is 223 Å². The third-order valence-electron chi connectivity index (χ3n) is 20.3. The minimum absolute atomic E-state index is 0. The number of benzene rings is 2. The number of esters is 2. The second kappa shape index (κ2) is 78.1. The van der Waals surface area contributed by atoms with Crippen molar-refractivity contribution in [3.63, 3.8) is 0 Å². The zero-order chi connectivity index (χ0) is 108. The number of nitrogens with two attached hydrogens (primary N) is 2. The molecule has 5 aliphatic rings. The van der Waals surface area contributed by atoms with Gasteiger partial charge in [0.25, 0.3) is 0 Å². The van der Waals surface area contributed by atoms with E-state index in [0.717, 1.165) is 110 Å². The molecule has 0 aliphatic carbocycles. The van der Waals surface area contributed by atoms with Crippen LogP contribution in [-0.2, 0) is 107 Å². The molecule has 40 heteroatoms. The van der Waals surface area contributed by atoms with Crippen LogP contribution in [0.4, 0.5) is 24.0 Å². The van der Waals surface area contributed by atoms with Crippen molar-refractivity contribution in [2.45, 2.75) is 373 Å². The number of likely N-dealkylation sites (tertiary alicyclic amines) is 5. The van der Waals surface area contributed by atoms with Crippen molar-refractivity contribution < 1.29 is 148 Å². The molecule has 0 aromatic heterocycles. The molecule has 33 nitrogen and oxygen atoms in total. The Kier molecular flexibility index (Phi) is 85.0. The van der Waals surface area contributed by atoms with E-state index in [2.05, 4.69) is 49.0 Å². The van der Waals surface area contributed by atoms with E-state index in [1.165, 1.54) is 21.1 Å². The van der Waals surface area contributed by atoms with Crippen molar-refractivity contribution in [1.29, 1.82) is 0 Å². The molecule has 0 radical (unpaired) electrons. The van der Waals surface area contributed by atoms with Crippen molar-refractivity contribution in [1.82, 2.24) is 34.5 Å². The molecular formula is C103H192Br2MgN10O23S3Ti. The van der Waals surface area contributed by atoms with Gasteiger partial charge in [0, 0.05) is 160 Å². The molecule has 5 heterocycles. The van der Waals surface area contributed by atoms with Gasteiger partial charge < -0.3 is 118 Å². The number of carbonyl (C=O) groups excluding carboxylic acids is 9. The number of hydrogen-bond donors (Lipinski definition) is 8. The normalized spacial score (nSPS) is 16.5. The predicted octanol–water partition coefficient (Wildman–Crippen LogP) is 15.0. The Balaban J connectivity index is -0.000000209. The topological polar surface area (TPSA) is 455 Å². The number of ketones is 1. The number of ether oxygens (including phenoxy) is 7. The number of piperidine rings is 5. The van der Waals surface area contributed by atoms with Crippen molar-refractivity contribution in [2.75, 3.05) is 106 Å². The van der Waals surface area contributed by atoms with Crippen molar-refractivity contribution in [3.05, 3.63) is 82.8 Å². The number of nitrogens with zero attached hydrogens (tertiary/aromatic N) is 6. The Morgan fingerprint density at radius 1 is 0.490 bits per heavy atom. The second-order valence-electron chi connectivity index (χ2n) is 41.9. The summed E-state index contributed by atoms with van der Waals surface area (Å²) < 4.78 is 78.2. The molecule has 5 saturated heterocycles. The SMILES string of the molecule is C.CC(C)(C)OC(=O)N1CCC(C=N[S@@](=O)C(C)(C)C)CC1.CC(C)(C)OC(=O)N1CCC(C=O)CC1.CC(C)(C)[S@@](N)=O.CC(N)C1CCN(C(=O)OC(C)(C)C)CC1.CC(N[S@@](=O)C(C)(C)C)C1CCN(C(=O)OC(C)(C)C)CC1.CCO.CCO.CCO.CCO.COC(=O)/C(=C(/C)NC(C)C1CCN(C(=O)OC(C)(C)C)CC1)c1ccccc1Br.COC(=O)C(C(C)=O)c1ccccc1C.[Br-].[CH3-].[Mg+2].[Ti]. The summed E-state index contributed by atoms with van der Waals surface area (Å²) >= 11 is 3.53. The standard InChI is InChI=1S/C23H33BrN2O4.C16H32N2O3S.C15H28N2O3S.C12H24N2O2.C12H14O3.C11H19NO3.C4H11NOS.4C2H6O.CH4.CH3.BrH.Mg.Ti/c1-15(17-11-13-26(14-12-17)22(28)30-23(3,4)5)25-16(2)20(21(27)29-6)18-9-7-8-10-19(18)24;1-12(17-22(20)16(5,6)7)13-8-10-18(11-9-13)14(19)21-15(2,3)4;1-14(2,3)20-13(18)17-9-7-12(8-10-17)11-16-21(19)15(4,5)6;1-9(13)10-5-7-14(8-6-10)11(15)16-12(2,3)4;1-8-6-4-5-7-10(8)11(9(2)13)12(14)15-3;1-11(2,3)15-10(14)12-6-4-9(8-13)5-7-12;1-4(2,3)7(5)6;4*1-2-3;;;;;/h7-10,15,17,25H,11-14H2,1-6H3;12-13,17H,8-11H2,1-7H3;11-12H,7-10H2,1-6H3;9-10H,5-8,13H2,1-4H3;4-7,11H,1-3H3;8-9H,4-7H2,1-3H3;5H2,1-3H3;4*3H,2H2,1H3;1H4;1H3;1H;;/q;;;;;;;;;;;;-1;;+2;/p-1/b20-16-;;;;;;;;;;;;;;;/t;12?,22-;21-;;;;7-;;;;;;;;;/m.00...0........./s1. The Bertz CT molecular complexity index is 3990. The molecule has 4 unspecified atom stereocenters. The largest absolute Gasteiger partial charge is 2.00 e. The molecule has 7 rings (SSSR count). The quantitative estimate of drug-likeness (QED) is 0.0120. The van der Waals surface area contributed by atoms with Gasteiger partial charge in [-0.2, -0.15) is 4.40 Å². The van der Waals surface area contributed by atoms with Crippen molar-refractivity contribution in [3.8, 4) is 0 Å². The minimum atomic E-state index is -1.21. The smallest absolute Gasteiger partial charge is 1.00 e. The predicted molar refractivity (Wildman–Crippen MR) is 579 cm³/mol. The number of rotatable bonds is 15. The summed E-state index contributed by atoms with van der Waals surface area (Å²) in [5.41, 5.74) is 7.33. The molecule has 0 spiro atoms. The molecule has 143 heavy (non-hydrogen) atoms. The van der Waals surface area contributed by atoms with E-state index in [1.54, 1.807) is 70.5 Å².